The topological polar surface area (TPSA) is 110 Å². The third-order valence-electron chi connectivity index (χ3n) is 10.9. The number of halogens is 1. The van der Waals surface area contributed by atoms with E-state index in [2.05, 4.69) is 43.3 Å². The van der Waals surface area contributed by atoms with Crippen molar-refractivity contribution in [2.75, 3.05) is 30.9 Å². The van der Waals surface area contributed by atoms with Gasteiger partial charge < -0.3 is 14.4 Å². The fourth-order valence-corrected chi connectivity index (χ4v) is 10.0. The van der Waals surface area contributed by atoms with Gasteiger partial charge in [0.25, 0.3) is 5.91 Å². The van der Waals surface area contributed by atoms with Crippen LogP contribution < -0.4 is 14.4 Å². The van der Waals surface area contributed by atoms with E-state index >= 15 is 0 Å². The zero-order valence-corrected chi connectivity index (χ0v) is 30.9. The van der Waals surface area contributed by atoms with Crippen LogP contribution in [0.25, 0.3) is 0 Å². The molecule has 4 aliphatic rings. The average Bonchev–Trinajstić information content (AvgIpc) is 3.91. The number of carbonyl (C=O) groups excluding carboxylic acids is 2. The van der Waals surface area contributed by atoms with Gasteiger partial charge in [0.15, 0.2) is 0 Å². The SMILES string of the molecule is CO[C@H]1/C=C/C[C@H](C)CS(=O)(NC(=O)[C@H]2C[C@@H]2c2cccnc2)=NC(=O)c2ccc3c(c2)N(Cc2ccc(Cl)cc2CCCCO3)C[C@@H]2CC[C@H]21. The summed E-state index contributed by atoms with van der Waals surface area (Å²) in [5, 5.41) is 0.718. The molecule has 1 N–H and O–H groups in total. The third kappa shape index (κ3) is 8.34. The monoisotopic (exact) mass is 730 g/mol. The number of benzene rings is 2. The Labute approximate surface area is 306 Å². The molecule has 0 spiro atoms. The van der Waals surface area contributed by atoms with Gasteiger partial charge in [0.2, 0.25) is 5.91 Å². The zero-order valence-electron chi connectivity index (χ0n) is 29.3. The number of amides is 2. The summed E-state index contributed by atoms with van der Waals surface area (Å²) < 4.78 is 34.1. The lowest BCUT2D eigenvalue weighted by molar-refractivity contribution is -0.120. The van der Waals surface area contributed by atoms with Gasteiger partial charge in [-0.2, -0.15) is 0 Å². The van der Waals surface area contributed by atoms with Crippen molar-refractivity contribution in [1.82, 2.24) is 9.71 Å². The van der Waals surface area contributed by atoms with Crippen molar-refractivity contribution < 1.29 is 23.3 Å². The molecule has 2 amide bonds. The van der Waals surface area contributed by atoms with E-state index in [-0.39, 0.29) is 35.5 Å². The van der Waals surface area contributed by atoms with Crippen LogP contribution in [0.5, 0.6) is 5.75 Å². The molecule has 2 fully saturated rings. The van der Waals surface area contributed by atoms with Gasteiger partial charge in [-0.25, -0.2) is 4.21 Å². The normalized spacial score (nSPS) is 30.2. The zero-order chi connectivity index (χ0) is 35.5. The summed E-state index contributed by atoms with van der Waals surface area (Å²) in [7, 11) is -1.71. The Morgan fingerprint density at radius 3 is 2.78 bits per heavy atom. The van der Waals surface area contributed by atoms with Crippen LogP contribution in [0, 0.1) is 23.7 Å². The van der Waals surface area contributed by atoms with E-state index in [9.17, 15) is 13.8 Å². The molecule has 2 bridgehead atoms. The van der Waals surface area contributed by atoms with Crippen molar-refractivity contribution in [1.29, 1.82) is 0 Å². The smallest absolute Gasteiger partial charge is 0.286 e. The summed E-state index contributed by atoms with van der Waals surface area (Å²) in [4.78, 5) is 34.1. The number of ether oxygens (including phenoxy) is 2. The van der Waals surface area contributed by atoms with Crippen molar-refractivity contribution >= 4 is 39.0 Å². The molecule has 0 saturated heterocycles. The molecule has 1 aromatic heterocycles. The molecule has 2 aliphatic heterocycles. The maximum atomic E-state index is 14.6. The second-order valence-corrected chi connectivity index (χ2v) is 17.1. The van der Waals surface area contributed by atoms with E-state index in [0.717, 1.165) is 54.9 Å². The molecule has 3 heterocycles. The maximum Gasteiger partial charge on any atom is 0.286 e. The quantitative estimate of drug-likeness (QED) is 0.276. The number of nitrogens with one attached hydrogen (secondary N) is 1. The lowest BCUT2D eigenvalue weighted by Gasteiger charge is -2.43. The van der Waals surface area contributed by atoms with E-state index in [1.165, 1.54) is 11.1 Å². The number of fused-ring (bicyclic) bond motifs is 3. The number of hydrogen-bond donors (Lipinski definition) is 1. The average molecular weight is 731 g/mol. The number of anilines is 1. The predicted molar refractivity (Wildman–Crippen MR) is 200 cm³/mol. The van der Waals surface area contributed by atoms with E-state index in [0.29, 0.717) is 49.1 Å². The molecule has 1 unspecified atom stereocenters. The number of nitrogens with zero attached hydrogens (tertiary/aromatic N) is 3. The number of hydrogen-bond acceptors (Lipinski definition) is 7. The van der Waals surface area contributed by atoms with Crippen LogP contribution in [0.15, 0.2) is 77.4 Å². The number of rotatable bonds is 4. The standard InChI is InChI=1S/C40H47ClN4O5S/c1-26-7-5-10-37(49-2)33-15-12-31(33)24-45-23-30-11-14-32(41)19-27(30)8-3-4-18-50-38-16-13-28(20-36(38)45)39(46)43-51(48,25-26)44-40(47)35-21-34(35)29-9-6-17-42-22-29/h5-6,9-11,13-14,16-17,19-20,22,26,31,33-35,37H,3-4,7-8,12,15,18,21,23-25H2,1-2H3,(H,43,44,46,47,48)/b10-5+/t26-,31-,33+,34+,35-,37-,51?/m0/s1. The van der Waals surface area contributed by atoms with Gasteiger partial charge in [-0.15, -0.1) is 4.36 Å². The molecule has 9 nitrogen and oxygen atoms in total. The van der Waals surface area contributed by atoms with Crippen molar-refractivity contribution in [2.45, 2.75) is 70.4 Å². The van der Waals surface area contributed by atoms with Gasteiger partial charge in [0.05, 0.1) is 24.2 Å². The van der Waals surface area contributed by atoms with E-state index in [1.807, 2.05) is 37.3 Å². The molecule has 3 aromatic rings. The van der Waals surface area contributed by atoms with Crippen molar-refractivity contribution in [2.24, 2.45) is 28.0 Å². The second kappa shape index (κ2) is 15.5. The maximum absolute atomic E-state index is 14.6. The third-order valence-corrected chi connectivity index (χ3v) is 13.1. The summed E-state index contributed by atoms with van der Waals surface area (Å²) in [5.41, 5.74) is 4.47. The van der Waals surface area contributed by atoms with Gasteiger partial charge in [-0.05, 0) is 122 Å². The molecule has 11 heteroatoms. The van der Waals surface area contributed by atoms with Crippen LogP contribution in [-0.4, -0.2) is 53.1 Å². The predicted octanol–water partition coefficient (Wildman–Crippen LogP) is 7.54. The molecule has 7 rings (SSSR count). The first-order chi connectivity index (χ1) is 24.7. The highest BCUT2D eigenvalue weighted by atomic mass is 35.5. The fraction of sp³-hybridized carbons (Fsp3) is 0.475. The van der Waals surface area contributed by atoms with Crippen LogP contribution in [-0.2, 0) is 32.4 Å². The van der Waals surface area contributed by atoms with Crippen LogP contribution in [0.4, 0.5) is 5.69 Å². The molecule has 270 valence electrons. The minimum Gasteiger partial charge on any atom is -0.491 e. The van der Waals surface area contributed by atoms with Crippen LogP contribution >= 0.6 is 11.6 Å². The number of pyridine rings is 1. The van der Waals surface area contributed by atoms with Gasteiger partial charge in [-0.1, -0.05) is 42.8 Å². The lowest BCUT2D eigenvalue weighted by Crippen LogP contribution is -2.43. The Bertz CT molecular complexity index is 1910. The molecular formula is C40H47ClN4O5S. The Hall–Kier alpha value is -3.73. The van der Waals surface area contributed by atoms with Crippen LogP contribution in [0.2, 0.25) is 5.02 Å². The van der Waals surface area contributed by atoms with Gasteiger partial charge in [0.1, 0.15) is 15.7 Å². The lowest BCUT2D eigenvalue weighted by atomic mass is 9.70. The van der Waals surface area contributed by atoms with E-state index in [4.69, 9.17) is 21.1 Å². The van der Waals surface area contributed by atoms with Gasteiger partial charge >= 0.3 is 0 Å². The van der Waals surface area contributed by atoms with Crippen molar-refractivity contribution in [3.63, 3.8) is 0 Å². The summed E-state index contributed by atoms with van der Waals surface area (Å²) in [5.74, 6) is 0.00598. The summed E-state index contributed by atoms with van der Waals surface area (Å²) >= 11 is 6.47. The molecule has 2 aliphatic carbocycles. The Balaban J connectivity index is 1.27. The van der Waals surface area contributed by atoms with Crippen molar-refractivity contribution in [3.8, 4) is 5.75 Å². The first-order valence-electron chi connectivity index (χ1n) is 18.2. The number of allylic oxidation sites excluding steroid dienone is 1. The molecule has 51 heavy (non-hydrogen) atoms. The Morgan fingerprint density at radius 2 is 2.00 bits per heavy atom. The number of aromatic nitrogens is 1. The second-order valence-electron chi connectivity index (χ2n) is 14.7. The largest absolute Gasteiger partial charge is 0.491 e. The minimum atomic E-state index is -3.47. The summed E-state index contributed by atoms with van der Waals surface area (Å²) in [6.45, 7) is 3.87. The van der Waals surface area contributed by atoms with Crippen molar-refractivity contribution in [3.05, 3.63) is 100 Å². The van der Waals surface area contributed by atoms with Gasteiger partial charge in [-0.3, -0.25) is 19.3 Å². The summed E-state index contributed by atoms with van der Waals surface area (Å²) in [6.07, 6.45) is 13.7. The van der Waals surface area contributed by atoms with Crippen LogP contribution in [0.1, 0.15) is 78.4 Å². The van der Waals surface area contributed by atoms with Crippen LogP contribution in [0.3, 0.4) is 0 Å². The number of aryl methyl sites for hydroxylation is 1. The minimum absolute atomic E-state index is 0.00328. The highest BCUT2D eigenvalue weighted by Crippen LogP contribution is 2.47. The Morgan fingerprint density at radius 1 is 1.12 bits per heavy atom. The molecule has 2 aromatic carbocycles. The number of methoxy groups -OCH3 is 1. The first kappa shape index (κ1) is 35.7. The molecular weight excluding hydrogens is 684 g/mol. The molecule has 7 atom stereocenters. The Kier molecular flexibility index (Phi) is 10.8. The van der Waals surface area contributed by atoms with E-state index < -0.39 is 15.8 Å². The highest BCUT2D eigenvalue weighted by Gasteiger charge is 2.45. The molecule has 2 saturated carbocycles. The van der Waals surface area contributed by atoms with Gasteiger partial charge in [0, 0.05) is 49.1 Å². The fourth-order valence-electron chi connectivity index (χ4n) is 7.86. The number of carbonyl (C=O) groups is 2. The highest BCUT2D eigenvalue weighted by molar-refractivity contribution is 7.92. The van der Waals surface area contributed by atoms with E-state index in [1.54, 1.807) is 25.6 Å². The summed E-state index contributed by atoms with van der Waals surface area (Å²) in [6, 6.07) is 15.3. The molecule has 0 radical (unpaired) electrons. The first-order valence-corrected chi connectivity index (χ1v) is 20.2.